The van der Waals surface area contributed by atoms with E-state index in [1.54, 1.807) is 13.0 Å². The Morgan fingerprint density at radius 1 is 1.16 bits per heavy atom. The monoisotopic (exact) mass is 436 g/mol. The lowest BCUT2D eigenvalue weighted by Crippen LogP contribution is -2.33. The van der Waals surface area contributed by atoms with Gasteiger partial charge in [-0.25, -0.2) is 8.78 Å². The van der Waals surface area contributed by atoms with Crippen molar-refractivity contribution in [3.8, 4) is 0 Å². The van der Waals surface area contributed by atoms with Crippen LogP contribution in [0.1, 0.15) is 62.3 Å². The van der Waals surface area contributed by atoms with Crippen LogP contribution in [0.3, 0.4) is 0 Å². The van der Waals surface area contributed by atoms with Gasteiger partial charge in [-0.3, -0.25) is 9.59 Å². The van der Waals surface area contributed by atoms with E-state index < -0.39 is 17.7 Å². The maximum Gasteiger partial charge on any atom is 0.273 e. The molecule has 2 aromatic rings. The first kappa shape index (κ1) is 22.1. The molecule has 2 unspecified atom stereocenters. The van der Waals surface area contributed by atoms with E-state index in [1.807, 2.05) is 18.2 Å². The standard InChI is InChI=1S/C26H26F2N2O2/c1-5-26(27,28)20-8-6-7-18(12-20)13-23(31)24-17(4)29-30(25(24)32)21-10-9-19-11-15(2)16(3)22(19)14-21/h6-12,14,16,24H,5,13H2,1-4H3. The van der Waals surface area contributed by atoms with Gasteiger partial charge in [0.25, 0.3) is 11.8 Å². The number of alkyl halides is 2. The third-order valence-electron chi connectivity index (χ3n) is 6.47. The number of nitrogens with zero attached hydrogens (tertiary/aromatic N) is 2. The molecule has 1 amide bonds. The normalized spacial score (nSPS) is 20.3. The number of anilines is 1. The third kappa shape index (κ3) is 3.78. The van der Waals surface area contributed by atoms with Gasteiger partial charge in [-0.05, 0) is 48.7 Å². The van der Waals surface area contributed by atoms with Gasteiger partial charge in [0, 0.05) is 24.3 Å². The number of hydrazone groups is 1. The molecule has 166 valence electrons. The van der Waals surface area contributed by atoms with Gasteiger partial charge in [0.05, 0.1) is 11.4 Å². The number of hydrogen-bond acceptors (Lipinski definition) is 3. The van der Waals surface area contributed by atoms with E-state index in [1.165, 1.54) is 35.7 Å². The molecule has 0 saturated carbocycles. The number of Topliss-reactive ketones (excluding diaryl/α,β-unsaturated/α-hetero) is 1. The van der Waals surface area contributed by atoms with Crippen molar-refractivity contribution in [2.45, 2.75) is 52.4 Å². The fraction of sp³-hybridized carbons (Fsp3) is 0.346. The van der Waals surface area contributed by atoms with Crippen LogP contribution in [0.4, 0.5) is 14.5 Å². The van der Waals surface area contributed by atoms with Crippen LogP contribution in [0, 0.1) is 5.92 Å². The molecule has 1 aliphatic carbocycles. The summed E-state index contributed by atoms with van der Waals surface area (Å²) >= 11 is 0. The minimum absolute atomic E-state index is 0.102. The van der Waals surface area contributed by atoms with Gasteiger partial charge in [-0.15, -0.1) is 0 Å². The van der Waals surface area contributed by atoms with Crippen molar-refractivity contribution in [1.29, 1.82) is 0 Å². The maximum atomic E-state index is 14.0. The molecule has 0 saturated heterocycles. The molecule has 0 aromatic heterocycles. The number of benzene rings is 2. The lowest BCUT2D eigenvalue weighted by Gasteiger charge is -2.17. The third-order valence-corrected chi connectivity index (χ3v) is 6.47. The van der Waals surface area contributed by atoms with Crippen molar-refractivity contribution in [2.75, 3.05) is 5.01 Å². The topological polar surface area (TPSA) is 49.7 Å². The minimum atomic E-state index is -2.95. The summed E-state index contributed by atoms with van der Waals surface area (Å²) in [5.41, 5.74) is 4.90. The summed E-state index contributed by atoms with van der Waals surface area (Å²) in [4.78, 5) is 26.1. The summed E-state index contributed by atoms with van der Waals surface area (Å²) in [5.74, 6) is -4.44. The average molecular weight is 437 g/mol. The zero-order chi connectivity index (χ0) is 23.2. The van der Waals surface area contributed by atoms with Crippen molar-refractivity contribution in [3.05, 3.63) is 70.3 Å². The van der Waals surface area contributed by atoms with Gasteiger partial charge in [0.15, 0.2) is 5.78 Å². The molecule has 1 heterocycles. The van der Waals surface area contributed by atoms with Gasteiger partial charge >= 0.3 is 0 Å². The summed E-state index contributed by atoms with van der Waals surface area (Å²) < 4.78 is 28.1. The Balaban J connectivity index is 1.54. The first-order valence-electron chi connectivity index (χ1n) is 10.8. The van der Waals surface area contributed by atoms with Crippen LogP contribution in [-0.4, -0.2) is 17.4 Å². The fourth-order valence-corrected chi connectivity index (χ4v) is 4.35. The molecule has 1 aliphatic heterocycles. The van der Waals surface area contributed by atoms with Crippen LogP contribution in [0.15, 0.2) is 53.1 Å². The number of carbonyl (C=O) groups is 2. The Morgan fingerprint density at radius 3 is 2.62 bits per heavy atom. The highest BCUT2D eigenvalue weighted by atomic mass is 19.3. The van der Waals surface area contributed by atoms with Gasteiger partial charge in [0.1, 0.15) is 5.92 Å². The number of allylic oxidation sites excluding steroid dienone is 1. The van der Waals surface area contributed by atoms with E-state index in [9.17, 15) is 18.4 Å². The lowest BCUT2D eigenvalue weighted by atomic mass is 9.92. The lowest BCUT2D eigenvalue weighted by molar-refractivity contribution is -0.128. The minimum Gasteiger partial charge on any atom is -0.298 e. The van der Waals surface area contributed by atoms with E-state index in [4.69, 9.17) is 0 Å². The second-order valence-corrected chi connectivity index (χ2v) is 8.65. The van der Waals surface area contributed by atoms with E-state index in [0.29, 0.717) is 17.0 Å². The highest BCUT2D eigenvalue weighted by molar-refractivity contribution is 6.27. The largest absolute Gasteiger partial charge is 0.298 e. The number of amides is 1. The zero-order valence-electron chi connectivity index (χ0n) is 18.7. The van der Waals surface area contributed by atoms with Crippen LogP contribution in [-0.2, 0) is 21.9 Å². The van der Waals surface area contributed by atoms with Gasteiger partial charge in [-0.2, -0.15) is 10.1 Å². The van der Waals surface area contributed by atoms with Crippen molar-refractivity contribution >= 4 is 29.2 Å². The second kappa shape index (κ2) is 8.08. The molecule has 2 aromatic carbocycles. The molecule has 32 heavy (non-hydrogen) atoms. The Morgan fingerprint density at radius 2 is 1.91 bits per heavy atom. The van der Waals surface area contributed by atoms with Crippen molar-refractivity contribution < 1.29 is 18.4 Å². The number of halogens is 2. The first-order chi connectivity index (χ1) is 15.1. The molecule has 2 aliphatic rings. The molecule has 4 nitrogen and oxygen atoms in total. The van der Waals surface area contributed by atoms with Gasteiger partial charge < -0.3 is 0 Å². The average Bonchev–Trinajstić information content (AvgIpc) is 3.22. The predicted molar refractivity (Wildman–Crippen MR) is 122 cm³/mol. The summed E-state index contributed by atoms with van der Waals surface area (Å²) in [5, 5.41) is 5.66. The number of fused-ring (bicyclic) bond motifs is 1. The SMILES string of the molecule is CCC(F)(F)c1cccc(CC(=O)C2C(=O)N(c3ccc4c(c3)C(C)C(C)=C4)N=C2C)c1. The number of hydrogen-bond donors (Lipinski definition) is 0. The van der Waals surface area contributed by atoms with E-state index in [-0.39, 0.29) is 30.1 Å². The molecule has 0 spiro atoms. The van der Waals surface area contributed by atoms with Crippen LogP contribution in [0.5, 0.6) is 0 Å². The summed E-state index contributed by atoms with van der Waals surface area (Å²) in [7, 11) is 0. The molecule has 0 N–H and O–H groups in total. The number of rotatable bonds is 6. The number of ketones is 1. The summed E-state index contributed by atoms with van der Waals surface area (Å²) in [6.07, 6.45) is 1.71. The van der Waals surface area contributed by atoms with Crippen molar-refractivity contribution in [1.82, 2.24) is 0 Å². The fourth-order valence-electron chi connectivity index (χ4n) is 4.35. The van der Waals surface area contributed by atoms with Crippen LogP contribution in [0.25, 0.3) is 6.08 Å². The predicted octanol–water partition coefficient (Wildman–Crippen LogP) is 5.86. The van der Waals surface area contributed by atoms with Crippen LogP contribution in [0.2, 0.25) is 0 Å². The van der Waals surface area contributed by atoms with Crippen molar-refractivity contribution in [2.24, 2.45) is 11.0 Å². The Kier molecular flexibility index (Phi) is 5.57. The van der Waals surface area contributed by atoms with Gasteiger partial charge in [0.2, 0.25) is 0 Å². The first-order valence-corrected chi connectivity index (χ1v) is 10.8. The highest BCUT2D eigenvalue weighted by Crippen LogP contribution is 2.38. The molecule has 2 atom stereocenters. The Bertz CT molecular complexity index is 1170. The molecule has 0 radical (unpaired) electrons. The quantitative estimate of drug-likeness (QED) is 0.533. The molecule has 0 fully saturated rings. The molecule has 4 rings (SSSR count). The Hall–Kier alpha value is -3.15. The zero-order valence-corrected chi connectivity index (χ0v) is 18.7. The summed E-state index contributed by atoms with van der Waals surface area (Å²) in [6.45, 7) is 7.27. The van der Waals surface area contributed by atoms with E-state index in [2.05, 4.69) is 25.0 Å². The van der Waals surface area contributed by atoms with E-state index >= 15 is 0 Å². The molecule has 0 bridgehead atoms. The second-order valence-electron chi connectivity index (χ2n) is 8.65. The highest BCUT2D eigenvalue weighted by Gasteiger charge is 2.40. The molecule has 6 heteroatoms. The van der Waals surface area contributed by atoms with E-state index in [0.717, 1.165) is 11.1 Å². The molecular formula is C26H26F2N2O2. The Labute approximate surface area is 186 Å². The maximum absolute atomic E-state index is 14.0. The van der Waals surface area contributed by atoms with Gasteiger partial charge in [-0.1, -0.05) is 49.8 Å². The summed E-state index contributed by atoms with van der Waals surface area (Å²) in [6, 6.07) is 11.6. The van der Waals surface area contributed by atoms with Crippen molar-refractivity contribution in [3.63, 3.8) is 0 Å². The van der Waals surface area contributed by atoms with Crippen LogP contribution >= 0.6 is 0 Å². The molecular weight excluding hydrogens is 410 g/mol. The van der Waals surface area contributed by atoms with Crippen LogP contribution < -0.4 is 5.01 Å². The number of carbonyl (C=O) groups excluding carboxylic acids is 2. The smallest absolute Gasteiger partial charge is 0.273 e.